The van der Waals surface area contributed by atoms with Crippen LogP contribution in [0, 0.1) is 12.8 Å². The Bertz CT molecular complexity index is 990. The Morgan fingerprint density at radius 2 is 2.03 bits per heavy atom. The van der Waals surface area contributed by atoms with E-state index in [0.29, 0.717) is 17.1 Å². The average molecular weight is 439 g/mol. The summed E-state index contributed by atoms with van der Waals surface area (Å²) >= 11 is 6.55. The van der Waals surface area contributed by atoms with Crippen LogP contribution >= 0.6 is 11.6 Å². The molecule has 6 nitrogen and oxygen atoms in total. The Morgan fingerprint density at radius 3 is 2.74 bits per heavy atom. The van der Waals surface area contributed by atoms with Crippen LogP contribution in [0.25, 0.3) is 5.57 Å². The van der Waals surface area contributed by atoms with E-state index in [0.717, 1.165) is 36.1 Å². The second kappa shape index (κ2) is 9.22. The van der Waals surface area contributed by atoms with Gasteiger partial charge in [-0.1, -0.05) is 29.3 Å². The molecule has 1 amide bonds. The molecule has 2 aliphatic rings. The number of pyridine rings is 1. The molecule has 0 bridgehead atoms. The minimum Gasteiger partial charge on any atom is -0.396 e. The van der Waals surface area contributed by atoms with Gasteiger partial charge in [-0.15, -0.1) is 0 Å². The number of carbonyl (C=O) groups is 1. The number of piperidine rings is 1. The van der Waals surface area contributed by atoms with Gasteiger partial charge in [0.2, 0.25) is 0 Å². The molecule has 2 unspecified atom stereocenters. The molecule has 0 saturated carbocycles. The van der Waals surface area contributed by atoms with Crippen molar-refractivity contribution in [2.45, 2.75) is 25.6 Å². The third-order valence-electron chi connectivity index (χ3n) is 5.91. The fourth-order valence-electron chi connectivity index (χ4n) is 4.14. The van der Waals surface area contributed by atoms with Gasteiger partial charge in [0, 0.05) is 49.4 Å². The zero-order valence-electron chi connectivity index (χ0n) is 17.5. The van der Waals surface area contributed by atoms with Gasteiger partial charge < -0.3 is 15.7 Å². The number of hydrogen-bond acceptors (Lipinski definition) is 5. The number of amides is 1. The van der Waals surface area contributed by atoms with Crippen LogP contribution in [0.2, 0.25) is 0 Å². The fraction of sp³-hybridized carbons (Fsp3) is 0.333. The standard InChI is InChI=1S/C24H27ClN4O2/c1-17-4-6-20(7-5-17)23(31)28-24(29-12-2-3-18(15-29)16-30)13-21(22(25)14-27-24)19-8-10-26-11-9-19/h4-11,13-14,18,27,30H,2-3,12,15-16H2,1H3,(H,28,31). The van der Waals surface area contributed by atoms with Crippen molar-refractivity contribution < 1.29 is 9.90 Å². The monoisotopic (exact) mass is 438 g/mol. The van der Waals surface area contributed by atoms with Gasteiger partial charge in [-0.05, 0) is 61.6 Å². The maximum atomic E-state index is 13.2. The molecule has 1 aromatic carbocycles. The van der Waals surface area contributed by atoms with Crippen LogP contribution in [-0.4, -0.2) is 46.4 Å². The third-order valence-corrected chi connectivity index (χ3v) is 6.23. The zero-order valence-corrected chi connectivity index (χ0v) is 18.3. The van der Waals surface area contributed by atoms with E-state index in [2.05, 4.69) is 20.5 Å². The maximum absolute atomic E-state index is 13.2. The van der Waals surface area contributed by atoms with E-state index >= 15 is 0 Å². The van der Waals surface area contributed by atoms with E-state index in [-0.39, 0.29) is 18.4 Å². The van der Waals surface area contributed by atoms with Gasteiger partial charge in [0.1, 0.15) is 0 Å². The number of hydrogen-bond donors (Lipinski definition) is 3. The highest BCUT2D eigenvalue weighted by molar-refractivity contribution is 6.37. The number of nitrogens with one attached hydrogen (secondary N) is 2. The lowest BCUT2D eigenvalue weighted by Gasteiger charge is -2.47. The smallest absolute Gasteiger partial charge is 0.254 e. The SMILES string of the molecule is Cc1ccc(C(=O)NC2(N3CCCC(CO)C3)C=C(c3ccncc3)C(Cl)=CN2)cc1. The van der Waals surface area contributed by atoms with Gasteiger partial charge in [0.05, 0.1) is 5.03 Å². The molecule has 2 aliphatic heterocycles. The Morgan fingerprint density at radius 1 is 1.29 bits per heavy atom. The number of halogens is 1. The zero-order chi connectivity index (χ0) is 21.8. The number of aliphatic hydroxyl groups excluding tert-OH is 1. The Hall–Kier alpha value is -2.67. The predicted octanol–water partition coefficient (Wildman–Crippen LogP) is 3.24. The molecular formula is C24H27ClN4O2. The number of dihydropyridines is 1. The summed E-state index contributed by atoms with van der Waals surface area (Å²) in [5, 5.41) is 16.9. The van der Waals surface area contributed by atoms with Crippen LogP contribution in [-0.2, 0) is 0 Å². The number of aryl methyl sites for hydroxylation is 1. The van der Waals surface area contributed by atoms with Crippen molar-refractivity contribution in [1.82, 2.24) is 20.5 Å². The Kier molecular flexibility index (Phi) is 6.41. The molecule has 1 saturated heterocycles. The molecule has 7 heteroatoms. The normalized spacial score (nSPS) is 24.0. The first-order valence-electron chi connectivity index (χ1n) is 10.5. The molecule has 2 aromatic rings. The molecule has 0 radical (unpaired) electrons. The lowest BCUT2D eigenvalue weighted by Crippen LogP contribution is -2.69. The Labute approximate surface area is 187 Å². The number of nitrogens with zero attached hydrogens (tertiary/aromatic N) is 2. The number of aromatic nitrogens is 1. The van der Waals surface area contributed by atoms with E-state index in [9.17, 15) is 9.90 Å². The number of likely N-dealkylation sites (tertiary alicyclic amines) is 1. The molecule has 2 atom stereocenters. The molecule has 31 heavy (non-hydrogen) atoms. The quantitative estimate of drug-likeness (QED) is 0.668. The van der Waals surface area contributed by atoms with Gasteiger partial charge in [-0.25, -0.2) is 0 Å². The second-order valence-electron chi connectivity index (χ2n) is 8.15. The third kappa shape index (κ3) is 4.66. The van der Waals surface area contributed by atoms with Crippen molar-refractivity contribution in [1.29, 1.82) is 0 Å². The van der Waals surface area contributed by atoms with Gasteiger partial charge in [-0.3, -0.25) is 14.7 Å². The number of allylic oxidation sites excluding steroid dienone is 2. The first kappa shape index (κ1) is 21.6. The first-order chi connectivity index (χ1) is 15.0. The van der Waals surface area contributed by atoms with E-state index in [1.807, 2.05) is 49.4 Å². The van der Waals surface area contributed by atoms with Crippen molar-refractivity contribution in [3.05, 3.63) is 82.8 Å². The maximum Gasteiger partial charge on any atom is 0.254 e. The van der Waals surface area contributed by atoms with E-state index < -0.39 is 5.79 Å². The number of aliphatic hydroxyl groups is 1. The largest absolute Gasteiger partial charge is 0.396 e. The van der Waals surface area contributed by atoms with E-state index in [4.69, 9.17) is 11.6 Å². The van der Waals surface area contributed by atoms with Crippen molar-refractivity contribution >= 4 is 23.1 Å². The lowest BCUT2D eigenvalue weighted by atomic mass is 9.95. The van der Waals surface area contributed by atoms with Crippen LogP contribution in [0.4, 0.5) is 0 Å². The molecule has 1 fully saturated rings. The van der Waals surface area contributed by atoms with Crippen molar-refractivity contribution in [3.8, 4) is 0 Å². The first-order valence-corrected chi connectivity index (χ1v) is 10.9. The van der Waals surface area contributed by atoms with Crippen LogP contribution in [0.3, 0.4) is 0 Å². The highest BCUT2D eigenvalue weighted by atomic mass is 35.5. The molecule has 0 spiro atoms. The van der Waals surface area contributed by atoms with E-state index in [1.54, 1.807) is 18.6 Å². The topological polar surface area (TPSA) is 77.5 Å². The summed E-state index contributed by atoms with van der Waals surface area (Å²) in [5.74, 6) is -0.995. The second-order valence-corrected chi connectivity index (χ2v) is 8.56. The van der Waals surface area contributed by atoms with Crippen LogP contribution in [0.15, 0.2) is 66.1 Å². The summed E-state index contributed by atoms with van der Waals surface area (Å²) in [7, 11) is 0. The van der Waals surface area contributed by atoms with Gasteiger partial charge in [0.25, 0.3) is 5.91 Å². The summed E-state index contributed by atoms with van der Waals surface area (Å²) in [6.45, 7) is 3.55. The number of carbonyl (C=O) groups excluding carboxylic acids is 1. The average Bonchev–Trinajstić information content (AvgIpc) is 2.81. The summed E-state index contributed by atoms with van der Waals surface area (Å²) in [6, 6.07) is 11.3. The van der Waals surface area contributed by atoms with E-state index in [1.165, 1.54) is 0 Å². The summed E-state index contributed by atoms with van der Waals surface area (Å²) in [6.07, 6.45) is 9.04. The van der Waals surface area contributed by atoms with Gasteiger partial charge in [0.15, 0.2) is 5.79 Å². The van der Waals surface area contributed by atoms with Crippen LogP contribution in [0.1, 0.15) is 34.3 Å². The van der Waals surface area contributed by atoms with Crippen molar-refractivity contribution in [2.75, 3.05) is 19.7 Å². The van der Waals surface area contributed by atoms with Crippen LogP contribution in [0.5, 0.6) is 0 Å². The molecule has 162 valence electrons. The molecule has 3 heterocycles. The molecule has 0 aliphatic carbocycles. The minimum absolute atomic E-state index is 0.121. The van der Waals surface area contributed by atoms with Crippen molar-refractivity contribution in [3.63, 3.8) is 0 Å². The molecule has 3 N–H and O–H groups in total. The van der Waals surface area contributed by atoms with Crippen LogP contribution < -0.4 is 10.6 Å². The highest BCUT2D eigenvalue weighted by Crippen LogP contribution is 2.34. The van der Waals surface area contributed by atoms with Gasteiger partial charge >= 0.3 is 0 Å². The summed E-state index contributed by atoms with van der Waals surface area (Å²) in [4.78, 5) is 19.5. The predicted molar refractivity (Wildman–Crippen MR) is 122 cm³/mol. The van der Waals surface area contributed by atoms with Crippen molar-refractivity contribution in [2.24, 2.45) is 5.92 Å². The molecule has 4 rings (SSSR count). The Balaban J connectivity index is 1.73. The molecular weight excluding hydrogens is 412 g/mol. The van der Waals surface area contributed by atoms with Gasteiger partial charge in [-0.2, -0.15) is 0 Å². The summed E-state index contributed by atoms with van der Waals surface area (Å²) in [5.41, 5.74) is 3.42. The lowest BCUT2D eigenvalue weighted by molar-refractivity contribution is 0.0202. The fourth-order valence-corrected chi connectivity index (χ4v) is 4.36. The number of rotatable bonds is 5. The molecule has 1 aromatic heterocycles. The minimum atomic E-state index is -0.965. The summed E-state index contributed by atoms with van der Waals surface area (Å²) < 4.78 is 0. The highest BCUT2D eigenvalue weighted by Gasteiger charge is 2.41. The number of benzene rings is 1.